The third-order valence-electron chi connectivity index (χ3n) is 6.36. The molecule has 2 saturated heterocycles. The molecule has 2 aliphatic rings. The highest BCUT2D eigenvalue weighted by atomic mass is 127. The van der Waals surface area contributed by atoms with Gasteiger partial charge in [-0.25, -0.2) is 0 Å². The summed E-state index contributed by atoms with van der Waals surface area (Å²) in [7, 11) is 1.71. The first-order chi connectivity index (χ1) is 15.2. The highest BCUT2D eigenvalue weighted by Gasteiger charge is 2.20. The van der Waals surface area contributed by atoms with Crippen LogP contribution in [0.2, 0.25) is 0 Å². The number of nitrogens with zero attached hydrogens (tertiary/aromatic N) is 3. The smallest absolute Gasteiger partial charge is 0.191 e. The molecule has 3 rings (SSSR count). The third kappa shape index (κ3) is 9.03. The van der Waals surface area contributed by atoms with Crippen molar-refractivity contribution >= 4 is 29.9 Å². The van der Waals surface area contributed by atoms with Crippen molar-refractivity contribution in [2.24, 2.45) is 10.9 Å². The second-order valence-corrected chi connectivity index (χ2v) is 8.67. The summed E-state index contributed by atoms with van der Waals surface area (Å²) < 4.78 is 10.7. The molecule has 0 radical (unpaired) electrons. The maximum absolute atomic E-state index is 5.46. The lowest BCUT2D eigenvalue weighted by atomic mass is 9.96. The summed E-state index contributed by atoms with van der Waals surface area (Å²) in [5.74, 6) is 2.57. The van der Waals surface area contributed by atoms with Gasteiger partial charge in [0.25, 0.3) is 0 Å². The van der Waals surface area contributed by atoms with Gasteiger partial charge in [-0.15, -0.1) is 24.0 Å². The highest BCUT2D eigenvalue weighted by molar-refractivity contribution is 14.0. The van der Waals surface area contributed by atoms with Crippen molar-refractivity contribution in [3.8, 4) is 5.75 Å². The van der Waals surface area contributed by atoms with Crippen molar-refractivity contribution in [1.82, 2.24) is 20.4 Å². The summed E-state index contributed by atoms with van der Waals surface area (Å²) in [5, 5.41) is 7.00. The van der Waals surface area contributed by atoms with E-state index in [-0.39, 0.29) is 24.0 Å². The molecule has 8 heteroatoms. The molecule has 32 heavy (non-hydrogen) atoms. The Hall–Kier alpha value is -1.10. The fraction of sp³-hybridized carbons (Fsp3) is 0.708. The van der Waals surface area contributed by atoms with Crippen LogP contribution in [0.25, 0.3) is 0 Å². The van der Waals surface area contributed by atoms with Crippen LogP contribution < -0.4 is 15.4 Å². The Kier molecular flexibility index (Phi) is 12.7. The van der Waals surface area contributed by atoms with Gasteiger partial charge in [0.1, 0.15) is 5.75 Å². The fourth-order valence-corrected chi connectivity index (χ4v) is 4.28. The van der Waals surface area contributed by atoms with Crippen molar-refractivity contribution < 1.29 is 9.47 Å². The predicted octanol–water partition coefficient (Wildman–Crippen LogP) is 2.80. The number of likely N-dealkylation sites (tertiary alicyclic amines) is 1. The van der Waals surface area contributed by atoms with Gasteiger partial charge in [-0.05, 0) is 63.4 Å². The van der Waals surface area contributed by atoms with E-state index in [9.17, 15) is 0 Å². The molecule has 0 bridgehead atoms. The number of morpholine rings is 1. The molecule has 0 aromatic heterocycles. The van der Waals surface area contributed by atoms with Crippen LogP contribution >= 0.6 is 24.0 Å². The van der Waals surface area contributed by atoms with Crippen molar-refractivity contribution in [1.29, 1.82) is 0 Å². The van der Waals surface area contributed by atoms with E-state index in [1.165, 1.54) is 18.4 Å². The second kappa shape index (κ2) is 14.9. The molecule has 0 spiro atoms. The lowest BCUT2D eigenvalue weighted by molar-refractivity contribution is 0.0220. The van der Waals surface area contributed by atoms with Gasteiger partial charge in [-0.3, -0.25) is 14.8 Å². The van der Waals surface area contributed by atoms with Crippen LogP contribution in [0.3, 0.4) is 0 Å². The van der Waals surface area contributed by atoms with Crippen LogP contribution in [0.1, 0.15) is 32.3 Å². The second-order valence-electron chi connectivity index (χ2n) is 8.67. The van der Waals surface area contributed by atoms with Crippen LogP contribution in [0.5, 0.6) is 5.75 Å². The van der Waals surface area contributed by atoms with E-state index in [0.717, 1.165) is 77.3 Å². The topological polar surface area (TPSA) is 61.4 Å². The maximum Gasteiger partial charge on any atom is 0.191 e. The summed E-state index contributed by atoms with van der Waals surface area (Å²) in [5.41, 5.74) is 1.35. The summed E-state index contributed by atoms with van der Waals surface area (Å²) in [6.07, 6.45) is 2.46. The Morgan fingerprint density at radius 2 is 1.81 bits per heavy atom. The number of guanidine groups is 1. The van der Waals surface area contributed by atoms with Gasteiger partial charge in [0.05, 0.1) is 26.9 Å². The van der Waals surface area contributed by atoms with Gasteiger partial charge < -0.3 is 20.1 Å². The number of rotatable bonds is 9. The van der Waals surface area contributed by atoms with Crippen LogP contribution in [-0.2, 0) is 11.3 Å². The quantitative estimate of drug-likeness (QED) is 0.276. The maximum atomic E-state index is 5.46. The Labute approximate surface area is 211 Å². The minimum absolute atomic E-state index is 0. The molecule has 7 nitrogen and oxygen atoms in total. The van der Waals surface area contributed by atoms with Crippen LogP contribution in [0.4, 0.5) is 0 Å². The first-order valence-corrected chi connectivity index (χ1v) is 11.9. The van der Waals surface area contributed by atoms with Crippen molar-refractivity contribution in [3.05, 3.63) is 29.8 Å². The zero-order chi connectivity index (χ0) is 21.9. The zero-order valence-corrected chi connectivity index (χ0v) is 22.3. The molecule has 0 aliphatic carbocycles. The average Bonchev–Trinajstić information content (AvgIpc) is 2.82. The average molecular weight is 560 g/mol. The van der Waals surface area contributed by atoms with Gasteiger partial charge in [0.15, 0.2) is 5.96 Å². The normalized spacial score (nSPS) is 19.8. The Bertz CT molecular complexity index is 659. The van der Waals surface area contributed by atoms with Gasteiger partial charge >= 0.3 is 0 Å². The molecule has 1 aromatic carbocycles. The SMILES string of the molecule is CCNC(=NCC(C)N1CCOCC1)NCC1CCN(Cc2ccc(OC)cc2)CC1.I. The first kappa shape index (κ1) is 27.1. The number of methoxy groups -OCH3 is 1. The van der Waals surface area contributed by atoms with E-state index in [4.69, 9.17) is 14.5 Å². The standard InChI is InChI=1S/C24H41N5O2.HI/c1-4-25-24(26-17-20(2)29-13-15-31-16-14-29)27-18-21-9-11-28(12-10-21)19-22-5-7-23(30-3)8-6-22;/h5-8,20-21H,4,9-19H2,1-3H3,(H2,25,26,27);1H. The zero-order valence-electron chi connectivity index (χ0n) is 20.0. The molecule has 1 aromatic rings. The summed E-state index contributed by atoms with van der Waals surface area (Å²) in [6, 6.07) is 8.88. The number of ether oxygens (including phenoxy) is 2. The van der Waals surface area contributed by atoms with E-state index < -0.39 is 0 Å². The van der Waals surface area contributed by atoms with E-state index >= 15 is 0 Å². The van der Waals surface area contributed by atoms with Gasteiger partial charge in [-0.2, -0.15) is 0 Å². The number of hydrogen-bond acceptors (Lipinski definition) is 5. The van der Waals surface area contributed by atoms with Crippen LogP contribution in [-0.4, -0.2) is 87.9 Å². The number of benzene rings is 1. The molecule has 2 aliphatic heterocycles. The summed E-state index contributed by atoms with van der Waals surface area (Å²) in [4.78, 5) is 9.87. The largest absolute Gasteiger partial charge is 0.497 e. The molecule has 0 amide bonds. The van der Waals surface area contributed by atoms with E-state index in [1.54, 1.807) is 7.11 Å². The first-order valence-electron chi connectivity index (χ1n) is 11.9. The summed E-state index contributed by atoms with van der Waals surface area (Å²) >= 11 is 0. The molecule has 1 atom stereocenters. The molecule has 2 fully saturated rings. The monoisotopic (exact) mass is 559 g/mol. The molecule has 0 saturated carbocycles. The molecular formula is C24H42IN5O2. The number of piperidine rings is 1. The Balaban J connectivity index is 0.00000363. The van der Waals surface area contributed by atoms with Gasteiger partial charge in [0, 0.05) is 38.8 Å². The van der Waals surface area contributed by atoms with Crippen molar-refractivity contribution in [2.75, 3.05) is 66.1 Å². The number of halogens is 1. The Morgan fingerprint density at radius 3 is 2.44 bits per heavy atom. The third-order valence-corrected chi connectivity index (χ3v) is 6.36. The van der Waals surface area contributed by atoms with Gasteiger partial charge in [-0.1, -0.05) is 12.1 Å². The minimum Gasteiger partial charge on any atom is -0.497 e. The van der Waals surface area contributed by atoms with Crippen LogP contribution in [0.15, 0.2) is 29.3 Å². The van der Waals surface area contributed by atoms with E-state index in [2.05, 4.69) is 46.4 Å². The summed E-state index contributed by atoms with van der Waals surface area (Å²) in [6.45, 7) is 14.1. The Morgan fingerprint density at radius 1 is 1.12 bits per heavy atom. The lowest BCUT2D eigenvalue weighted by Gasteiger charge is -2.32. The lowest BCUT2D eigenvalue weighted by Crippen LogP contribution is -2.45. The van der Waals surface area contributed by atoms with Crippen molar-refractivity contribution in [2.45, 2.75) is 39.3 Å². The van der Waals surface area contributed by atoms with Crippen LogP contribution in [0, 0.1) is 5.92 Å². The fourth-order valence-electron chi connectivity index (χ4n) is 4.28. The number of hydrogen-bond donors (Lipinski definition) is 2. The van der Waals surface area contributed by atoms with Crippen molar-refractivity contribution in [3.63, 3.8) is 0 Å². The number of nitrogens with one attached hydrogen (secondary N) is 2. The molecule has 2 heterocycles. The molecule has 1 unspecified atom stereocenters. The van der Waals surface area contributed by atoms with E-state index in [1.807, 2.05) is 12.1 Å². The highest BCUT2D eigenvalue weighted by Crippen LogP contribution is 2.19. The predicted molar refractivity (Wildman–Crippen MR) is 142 cm³/mol. The number of aliphatic imine (C=N–C) groups is 1. The minimum atomic E-state index is 0. The molecule has 2 N–H and O–H groups in total. The molecular weight excluding hydrogens is 517 g/mol. The van der Waals surface area contributed by atoms with Gasteiger partial charge in [0.2, 0.25) is 0 Å². The van der Waals surface area contributed by atoms with E-state index in [0.29, 0.717) is 12.0 Å². The molecule has 182 valence electrons.